The molecule has 4 rings (SSSR count). The van der Waals surface area contributed by atoms with E-state index in [-0.39, 0.29) is 41.1 Å². The minimum atomic E-state index is -1.67. The Morgan fingerprint density at radius 2 is 1.77 bits per heavy atom. The minimum Gasteiger partial charge on any atom is -0.506 e. The number of phenolic OH excluding ortho intramolecular Hbond substituents is 1. The van der Waals surface area contributed by atoms with E-state index in [2.05, 4.69) is 0 Å². The van der Waals surface area contributed by atoms with Crippen LogP contribution in [0.15, 0.2) is 48.5 Å². The second kappa shape index (κ2) is 12.3. The van der Waals surface area contributed by atoms with Crippen LogP contribution in [0.2, 0.25) is 0 Å². The van der Waals surface area contributed by atoms with Crippen molar-refractivity contribution in [2.45, 2.75) is 76.3 Å². The molecule has 3 aromatic rings. The number of hydrogen-bond acceptors (Lipinski definition) is 9. The maximum atomic E-state index is 12.8. The van der Waals surface area contributed by atoms with Gasteiger partial charge in [-0.25, -0.2) is 0 Å². The molecule has 0 unspecified atom stereocenters. The number of benzene rings is 3. The zero-order chi connectivity index (χ0) is 28.3. The van der Waals surface area contributed by atoms with Gasteiger partial charge in [0.15, 0.2) is 5.78 Å². The number of ketones is 1. The fraction of sp³-hybridized carbons (Fsp3) is 0.433. The number of carbonyl (C=O) groups is 1. The van der Waals surface area contributed by atoms with Crippen LogP contribution < -0.4 is 9.47 Å². The Morgan fingerprint density at radius 1 is 1.05 bits per heavy atom. The molecular formula is C30H36O9. The summed E-state index contributed by atoms with van der Waals surface area (Å²) in [4.78, 5) is 12.8. The highest BCUT2D eigenvalue weighted by molar-refractivity contribution is 6.08. The molecular weight excluding hydrogens is 504 g/mol. The number of aliphatic hydroxyl groups is 4. The van der Waals surface area contributed by atoms with E-state index in [1.807, 2.05) is 37.3 Å². The van der Waals surface area contributed by atoms with Crippen molar-refractivity contribution >= 4 is 16.6 Å². The number of rotatable bonds is 10. The molecule has 9 nitrogen and oxygen atoms in total. The molecule has 1 fully saturated rings. The molecule has 39 heavy (non-hydrogen) atoms. The molecule has 1 heterocycles. The largest absolute Gasteiger partial charge is 0.506 e. The lowest BCUT2D eigenvalue weighted by Gasteiger charge is -2.42. The smallest absolute Gasteiger partial charge is 0.229 e. The fourth-order valence-electron chi connectivity index (χ4n) is 5.05. The highest BCUT2D eigenvalue weighted by atomic mass is 16.7. The van der Waals surface area contributed by atoms with Gasteiger partial charge in [-0.05, 0) is 48.8 Å². The number of aromatic hydroxyl groups is 1. The highest BCUT2D eigenvalue weighted by Crippen LogP contribution is 2.42. The van der Waals surface area contributed by atoms with Gasteiger partial charge < -0.3 is 39.7 Å². The van der Waals surface area contributed by atoms with Crippen molar-refractivity contribution in [2.24, 2.45) is 0 Å². The van der Waals surface area contributed by atoms with Crippen LogP contribution in [0.25, 0.3) is 10.8 Å². The van der Waals surface area contributed by atoms with E-state index in [9.17, 15) is 30.3 Å². The van der Waals surface area contributed by atoms with E-state index in [1.54, 1.807) is 19.1 Å². The summed E-state index contributed by atoms with van der Waals surface area (Å²) >= 11 is 0. The molecule has 0 saturated carbocycles. The third kappa shape index (κ3) is 6.03. The first-order valence-electron chi connectivity index (χ1n) is 13.1. The summed E-state index contributed by atoms with van der Waals surface area (Å²) in [6.07, 6.45) is -7.26. The summed E-state index contributed by atoms with van der Waals surface area (Å²) in [6, 6.07) is 14.4. The maximum Gasteiger partial charge on any atom is 0.229 e. The third-order valence-electron chi connectivity index (χ3n) is 7.14. The minimum absolute atomic E-state index is 0.0394. The first kappa shape index (κ1) is 28.8. The van der Waals surface area contributed by atoms with Crippen molar-refractivity contribution < 1.29 is 44.5 Å². The number of ether oxygens (including phenoxy) is 3. The van der Waals surface area contributed by atoms with Gasteiger partial charge in [0.05, 0.1) is 24.2 Å². The summed E-state index contributed by atoms with van der Waals surface area (Å²) in [5.74, 6) is -0.0662. The molecule has 1 saturated heterocycles. The van der Waals surface area contributed by atoms with E-state index in [0.29, 0.717) is 29.5 Å². The van der Waals surface area contributed by atoms with Crippen molar-refractivity contribution in [3.8, 4) is 17.2 Å². The predicted octanol–water partition coefficient (Wildman–Crippen LogP) is 3.03. The van der Waals surface area contributed by atoms with E-state index in [1.165, 1.54) is 13.2 Å². The van der Waals surface area contributed by atoms with E-state index in [0.717, 1.165) is 5.56 Å². The standard InChI is InChI=1S/C30H36O9/c1-4-8-20(31)23-16(2)13-18-14-19(37-3)15-22(24(18)25(23)33)38-30-28(36)26(34)27(35)29(39-30)21(32)12-11-17-9-6-5-7-10-17/h5-7,9-10,13-15,21,26-30,32-36H,4,8,11-12H2,1-3H3/t21-,26+,27+,28-,29-,30-/m1/s1. The predicted molar refractivity (Wildman–Crippen MR) is 144 cm³/mol. The van der Waals surface area contributed by atoms with Crippen molar-refractivity contribution in [2.75, 3.05) is 7.11 Å². The number of aliphatic hydroxyl groups excluding tert-OH is 4. The molecule has 5 N–H and O–H groups in total. The summed E-state index contributed by atoms with van der Waals surface area (Å²) in [7, 11) is 1.46. The van der Waals surface area contributed by atoms with E-state index < -0.39 is 36.8 Å². The molecule has 0 spiro atoms. The van der Waals surface area contributed by atoms with Crippen molar-refractivity contribution in [1.82, 2.24) is 0 Å². The van der Waals surface area contributed by atoms with Gasteiger partial charge in [-0.3, -0.25) is 4.79 Å². The first-order chi connectivity index (χ1) is 18.7. The van der Waals surface area contributed by atoms with Crippen molar-refractivity contribution in [3.05, 3.63) is 65.2 Å². The van der Waals surface area contributed by atoms with Crippen LogP contribution in [0.5, 0.6) is 17.2 Å². The van der Waals surface area contributed by atoms with Gasteiger partial charge in [-0.15, -0.1) is 0 Å². The van der Waals surface area contributed by atoms with Crippen LogP contribution in [0.3, 0.4) is 0 Å². The Kier molecular flexibility index (Phi) is 9.09. The monoisotopic (exact) mass is 540 g/mol. The number of carbonyl (C=O) groups excluding carboxylic acids is 1. The van der Waals surface area contributed by atoms with Crippen LogP contribution in [0.4, 0.5) is 0 Å². The average Bonchev–Trinajstić information content (AvgIpc) is 2.92. The summed E-state index contributed by atoms with van der Waals surface area (Å²) in [6.45, 7) is 3.60. The summed E-state index contributed by atoms with van der Waals surface area (Å²) < 4.78 is 17.2. The van der Waals surface area contributed by atoms with E-state index >= 15 is 0 Å². The molecule has 1 aliphatic heterocycles. The van der Waals surface area contributed by atoms with Crippen LogP contribution in [-0.2, 0) is 11.2 Å². The van der Waals surface area contributed by atoms with Crippen molar-refractivity contribution in [1.29, 1.82) is 0 Å². The normalized spacial score (nSPS) is 23.9. The van der Waals surface area contributed by atoms with Gasteiger partial charge in [0.2, 0.25) is 6.29 Å². The van der Waals surface area contributed by atoms with Gasteiger partial charge in [0.25, 0.3) is 0 Å². The number of aryl methyl sites for hydroxylation is 2. The van der Waals surface area contributed by atoms with Crippen LogP contribution in [0.1, 0.15) is 47.7 Å². The third-order valence-corrected chi connectivity index (χ3v) is 7.14. The van der Waals surface area contributed by atoms with Crippen LogP contribution in [-0.4, -0.2) is 75.2 Å². The quantitative estimate of drug-likeness (QED) is 0.245. The number of Topliss-reactive ketones (excluding diaryl/α,β-unsaturated/α-hetero) is 1. The van der Waals surface area contributed by atoms with Gasteiger partial charge in [0.1, 0.15) is 41.7 Å². The molecule has 0 bridgehead atoms. The number of phenols is 1. The van der Waals surface area contributed by atoms with E-state index in [4.69, 9.17) is 14.2 Å². The zero-order valence-electron chi connectivity index (χ0n) is 22.3. The highest BCUT2D eigenvalue weighted by Gasteiger charge is 2.47. The first-order valence-corrected chi connectivity index (χ1v) is 13.1. The zero-order valence-corrected chi connectivity index (χ0v) is 22.3. The second-order valence-corrected chi connectivity index (χ2v) is 9.96. The molecule has 210 valence electrons. The molecule has 0 aliphatic carbocycles. The molecule has 0 aromatic heterocycles. The Balaban J connectivity index is 1.66. The van der Waals surface area contributed by atoms with Gasteiger partial charge in [0, 0.05) is 12.5 Å². The molecule has 3 aromatic carbocycles. The number of methoxy groups -OCH3 is 1. The summed E-state index contributed by atoms with van der Waals surface area (Å²) in [5, 5.41) is 54.7. The number of hydrogen-bond donors (Lipinski definition) is 5. The van der Waals surface area contributed by atoms with Crippen molar-refractivity contribution in [3.63, 3.8) is 0 Å². The van der Waals surface area contributed by atoms with Gasteiger partial charge in [-0.1, -0.05) is 43.3 Å². The van der Waals surface area contributed by atoms with Crippen LogP contribution >= 0.6 is 0 Å². The number of fused-ring (bicyclic) bond motifs is 1. The Hall–Kier alpha value is -3.21. The SMILES string of the molecule is CCCC(=O)c1c(C)cc2cc(OC)cc(O[C@@H]3O[C@H]([C@H](O)CCc4ccccc4)[C@@H](O)[C@H](O)[C@H]3O)c2c1O. The van der Waals surface area contributed by atoms with Gasteiger partial charge in [-0.2, -0.15) is 0 Å². The molecule has 9 heteroatoms. The Morgan fingerprint density at radius 3 is 2.44 bits per heavy atom. The lowest BCUT2D eigenvalue weighted by Crippen LogP contribution is -2.62. The Bertz CT molecular complexity index is 1290. The van der Waals surface area contributed by atoms with Gasteiger partial charge >= 0.3 is 0 Å². The Labute approximate surface area is 227 Å². The fourth-order valence-corrected chi connectivity index (χ4v) is 5.05. The molecule has 1 aliphatic rings. The lowest BCUT2D eigenvalue weighted by atomic mass is 9.92. The summed E-state index contributed by atoms with van der Waals surface area (Å²) in [5.41, 5.74) is 1.75. The second-order valence-electron chi connectivity index (χ2n) is 9.96. The molecule has 0 radical (unpaired) electrons. The molecule has 6 atom stereocenters. The molecule has 0 amide bonds. The topological polar surface area (TPSA) is 146 Å². The lowest BCUT2D eigenvalue weighted by molar-refractivity contribution is -0.288. The van der Waals surface area contributed by atoms with Crippen LogP contribution in [0, 0.1) is 6.92 Å². The maximum absolute atomic E-state index is 12.8. The average molecular weight is 541 g/mol.